The van der Waals surface area contributed by atoms with Gasteiger partial charge in [0.2, 0.25) is 5.91 Å². The standard InChI is InChI=1S/C25H21N5OS3/c1-30-23(18-10-6-3-7-11-18)28-29-24(30)32-16-22(31)26-19-12-13-20-21(14-19)34-25(27-20)33-15-17-8-4-2-5-9-17/h2-14H,15-16H2,1H3,(H,26,31). The minimum atomic E-state index is -0.0863. The molecule has 5 aromatic rings. The van der Waals surface area contributed by atoms with Crippen molar-refractivity contribution in [2.45, 2.75) is 15.2 Å². The molecule has 2 aromatic heterocycles. The summed E-state index contributed by atoms with van der Waals surface area (Å²) >= 11 is 4.74. The predicted octanol–water partition coefficient (Wildman–Crippen LogP) is 6.11. The van der Waals surface area contributed by atoms with Gasteiger partial charge in [0.25, 0.3) is 0 Å². The van der Waals surface area contributed by atoms with E-state index in [-0.39, 0.29) is 11.7 Å². The van der Waals surface area contributed by atoms with Crippen LogP contribution >= 0.6 is 34.9 Å². The topological polar surface area (TPSA) is 72.7 Å². The Morgan fingerprint density at radius 1 is 0.971 bits per heavy atom. The van der Waals surface area contributed by atoms with Crippen molar-refractivity contribution in [1.29, 1.82) is 0 Å². The fourth-order valence-corrected chi connectivity index (χ4v) is 6.14. The number of nitrogens with zero attached hydrogens (tertiary/aromatic N) is 4. The number of carbonyl (C=O) groups is 1. The molecule has 0 aliphatic heterocycles. The zero-order valence-electron chi connectivity index (χ0n) is 18.3. The van der Waals surface area contributed by atoms with Crippen LogP contribution in [0.25, 0.3) is 21.6 Å². The van der Waals surface area contributed by atoms with Gasteiger partial charge in [-0.3, -0.25) is 4.79 Å². The molecule has 3 aromatic carbocycles. The molecule has 0 radical (unpaired) electrons. The summed E-state index contributed by atoms with van der Waals surface area (Å²) in [7, 11) is 1.91. The minimum absolute atomic E-state index is 0.0863. The van der Waals surface area contributed by atoms with Gasteiger partial charge < -0.3 is 9.88 Å². The Balaban J connectivity index is 1.19. The molecule has 0 fully saturated rings. The molecule has 0 aliphatic carbocycles. The molecule has 9 heteroatoms. The van der Waals surface area contributed by atoms with Crippen LogP contribution in [0.15, 0.2) is 88.4 Å². The highest BCUT2D eigenvalue weighted by molar-refractivity contribution is 8.00. The predicted molar refractivity (Wildman–Crippen MR) is 141 cm³/mol. The molecule has 0 bridgehead atoms. The molecule has 2 heterocycles. The number of anilines is 1. The van der Waals surface area contributed by atoms with Gasteiger partial charge in [-0.25, -0.2) is 4.98 Å². The first-order chi connectivity index (χ1) is 16.7. The van der Waals surface area contributed by atoms with Gasteiger partial charge >= 0.3 is 0 Å². The van der Waals surface area contributed by atoms with E-state index < -0.39 is 0 Å². The summed E-state index contributed by atoms with van der Waals surface area (Å²) in [6.07, 6.45) is 0. The summed E-state index contributed by atoms with van der Waals surface area (Å²) in [6, 6.07) is 26.1. The molecule has 0 unspecified atom stereocenters. The summed E-state index contributed by atoms with van der Waals surface area (Å²) in [5, 5.41) is 12.2. The third-order valence-corrected chi connectivity index (χ3v) is 8.31. The maximum absolute atomic E-state index is 12.6. The Morgan fingerprint density at radius 2 is 1.74 bits per heavy atom. The average Bonchev–Trinajstić information content (AvgIpc) is 3.45. The number of rotatable bonds is 8. The Bertz CT molecular complexity index is 1420. The summed E-state index contributed by atoms with van der Waals surface area (Å²) in [5.41, 5.74) is 3.98. The Kier molecular flexibility index (Phi) is 6.94. The molecule has 6 nitrogen and oxygen atoms in total. The number of amides is 1. The molecule has 0 saturated heterocycles. The molecule has 0 atom stereocenters. The molecule has 0 saturated carbocycles. The number of fused-ring (bicyclic) bond motifs is 1. The van der Waals surface area contributed by atoms with Crippen LogP contribution in [0.5, 0.6) is 0 Å². The van der Waals surface area contributed by atoms with Crippen LogP contribution in [0.1, 0.15) is 5.56 Å². The maximum atomic E-state index is 12.6. The third-order valence-electron chi connectivity index (χ3n) is 5.06. The minimum Gasteiger partial charge on any atom is -0.325 e. The highest BCUT2D eigenvalue weighted by Gasteiger charge is 2.13. The number of thioether (sulfide) groups is 2. The number of benzene rings is 3. The van der Waals surface area contributed by atoms with E-state index in [9.17, 15) is 4.79 Å². The number of nitrogens with one attached hydrogen (secondary N) is 1. The summed E-state index contributed by atoms with van der Waals surface area (Å²) in [6.45, 7) is 0. The van der Waals surface area contributed by atoms with Crippen molar-refractivity contribution in [1.82, 2.24) is 19.7 Å². The van der Waals surface area contributed by atoms with E-state index in [0.717, 1.165) is 37.4 Å². The van der Waals surface area contributed by atoms with Crippen LogP contribution in [0.4, 0.5) is 5.69 Å². The van der Waals surface area contributed by atoms with Gasteiger partial charge in [-0.1, -0.05) is 84.2 Å². The lowest BCUT2D eigenvalue weighted by Crippen LogP contribution is -2.14. The second kappa shape index (κ2) is 10.4. The van der Waals surface area contributed by atoms with Crippen molar-refractivity contribution in [3.05, 3.63) is 84.4 Å². The van der Waals surface area contributed by atoms with Crippen molar-refractivity contribution >= 4 is 56.7 Å². The summed E-state index contributed by atoms with van der Waals surface area (Å²) < 4.78 is 3.99. The smallest absolute Gasteiger partial charge is 0.234 e. The molecule has 5 rings (SSSR count). The van der Waals surface area contributed by atoms with Gasteiger partial charge in [0, 0.05) is 24.1 Å². The second-order valence-electron chi connectivity index (χ2n) is 7.50. The van der Waals surface area contributed by atoms with Gasteiger partial charge in [0.15, 0.2) is 15.3 Å². The second-order valence-corrected chi connectivity index (χ2v) is 10.7. The van der Waals surface area contributed by atoms with E-state index in [0.29, 0.717) is 5.16 Å². The molecule has 0 spiro atoms. The number of hydrogen-bond acceptors (Lipinski definition) is 7. The number of carbonyl (C=O) groups excluding carboxylic acids is 1. The van der Waals surface area contributed by atoms with Crippen LogP contribution < -0.4 is 5.32 Å². The van der Waals surface area contributed by atoms with Crippen molar-refractivity contribution in [2.75, 3.05) is 11.1 Å². The SMILES string of the molecule is Cn1c(SCC(=O)Nc2ccc3nc(SCc4ccccc4)sc3c2)nnc1-c1ccccc1. The summed E-state index contributed by atoms with van der Waals surface area (Å²) in [5.74, 6) is 1.83. The van der Waals surface area contributed by atoms with Gasteiger partial charge in [-0.05, 0) is 23.8 Å². The van der Waals surface area contributed by atoms with E-state index in [1.807, 2.05) is 78.3 Å². The van der Waals surface area contributed by atoms with Gasteiger partial charge in [-0.15, -0.1) is 21.5 Å². The van der Waals surface area contributed by atoms with Crippen LogP contribution in [-0.4, -0.2) is 31.4 Å². The van der Waals surface area contributed by atoms with E-state index in [1.54, 1.807) is 23.1 Å². The number of hydrogen-bond donors (Lipinski definition) is 1. The zero-order chi connectivity index (χ0) is 23.3. The first-order valence-corrected chi connectivity index (χ1v) is 13.4. The van der Waals surface area contributed by atoms with Crippen LogP contribution in [-0.2, 0) is 17.6 Å². The molecular formula is C25H21N5OS3. The van der Waals surface area contributed by atoms with Crippen LogP contribution in [0, 0.1) is 0 Å². The molecule has 170 valence electrons. The fraction of sp³-hybridized carbons (Fsp3) is 0.120. The van der Waals surface area contributed by atoms with E-state index in [4.69, 9.17) is 4.98 Å². The van der Waals surface area contributed by atoms with Crippen molar-refractivity contribution in [2.24, 2.45) is 7.05 Å². The fourth-order valence-electron chi connectivity index (χ4n) is 3.37. The molecular weight excluding hydrogens is 483 g/mol. The molecule has 34 heavy (non-hydrogen) atoms. The lowest BCUT2D eigenvalue weighted by Gasteiger charge is -2.06. The maximum Gasteiger partial charge on any atom is 0.234 e. The Labute approximate surface area is 209 Å². The van der Waals surface area contributed by atoms with E-state index in [2.05, 4.69) is 27.6 Å². The molecule has 1 N–H and O–H groups in total. The monoisotopic (exact) mass is 503 g/mol. The Hall–Kier alpha value is -3.14. The van der Waals surface area contributed by atoms with Crippen LogP contribution in [0.2, 0.25) is 0 Å². The normalized spacial score (nSPS) is 11.1. The van der Waals surface area contributed by atoms with Crippen LogP contribution in [0.3, 0.4) is 0 Å². The lowest BCUT2D eigenvalue weighted by molar-refractivity contribution is -0.113. The highest BCUT2D eigenvalue weighted by Crippen LogP contribution is 2.33. The van der Waals surface area contributed by atoms with Crippen molar-refractivity contribution in [3.8, 4) is 11.4 Å². The quantitative estimate of drug-likeness (QED) is 0.257. The first-order valence-electron chi connectivity index (χ1n) is 10.6. The van der Waals surface area contributed by atoms with E-state index >= 15 is 0 Å². The lowest BCUT2D eigenvalue weighted by atomic mass is 10.2. The first kappa shape index (κ1) is 22.6. The zero-order valence-corrected chi connectivity index (χ0v) is 20.8. The third kappa shape index (κ3) is 5.32. The van der Waals surface area contributed by atoms with Crippen molar-refractivity contribution in [3.63, 3.8) is 0 Å². The number of aromatic nitrogens is 4. The van der Waals surface area contributed by atoms with Gasteiger partial charge in [-0.2, -0.15) is 0 Å². The molecule has 0 aliphatic rings. The van der Waals surface area contributed by atoms with Crippen molar-refractivity contribution < 1.29 is 4.79 Å². The van der Waals surface area contributed by atoms with Gasteiger partial charge in [0.05, 0.1) is 16.0 Å². The highest BCUT2D eigenvalue weighted by atomic mass is 32.2. The Morgan fingerprint density at radius 3 is 2.53 bits per heavy atom. The number of thiazole rings is 1. The summed E-state index contributed by atoms with van der Waals surface area (Å²) in [4.78, 5) is 17.3. The van der Waals surface area contributed by atoms with Gasteiger partial charge in [0.1, 0.15) is 0 Å². The molecule has 1 amide bonds. The average molecular weight is 504 g/mol. The largest absolute Gasteiger partial charge is 0.325 e. The van der Waals surface area contributed by atoms with E-state index in [1.165, 1.54) is 17.3 Å².